The smallest absolute Gasteiger partial charge is 0.270 e. The number of rotatable bonds is 7. The molecule has 0 saturated heterocycles. The monoisotopic (exact) mass is 369 g/mol. The molecule has 0 aliphatic carbocycles. The standard InChI is InChI=1S/C19H19N3O5/c1-26-15-6-7-18(27-2)16(11-15)17(23)12-21-9-8-20-19(21)13-4-3-5-14(10-13)22(24)25/h3-11,17,23H,12H2,1-2H3/t17-/m1/s1. The Bertz CT molecular complexity index is 954. The quantitative estimate of drug-likeness (QED) is 0.507. The molecule has 0 aliphatic rings. The maximum Gasteiger partial charge on any atom is 0.270 e. The van der Waals surface area contributed by atoms with Crippen molar-refractivity contribution in [3.63, 3.8) is 0 Å². The molecule has 3 aromatic rings. The van der Waals surface area contributed by atoms with Gasteiger partial charge in [0.2, 0.25) is 0 Å². The highest BCUT2D eigenvalue weighted by Crippen LogP contribution is 2.31. The van der Waals surface area contributed by atoms with Crippen molar-refractivity contribution < 1.29 is 19.5 Å². The summed E-state index contributed by atoms with van der Waals surface area (Å²) in [6.45, 7) is 0.196. The van der Waals surface area contributed by atoms with Crippen LogP contribution in [-0.4, -0.2) is 33.8 Å². The number of non-ortho nitro benzene ring substituents is 1. The summed E-state index contributed by atoms with van der Waals surface area (Å²) in [6, 6.07) is 11.4. The van der Waals surface area contributed by atoms with Crippen LogP contribution >= 0.6 is 0 Å². The van der Waals surface area contributed by atoms with Crippen molar-refractivity contribution in [2.75, 3.05) is 14.2 Å². The number of aromatic nitrogens is 2. The van der Waals surface area contributed by atoms with Crippen molar-refractivity contribution in [1.29, 1.82) is 0 Å². The Kier molecular flexibility index (Phi) is 5.37. The molecule has 1 atom stereocenters. The topological polar surface area (TPSA) is 99.7 Å². The van der Waals surface area contributed by atoms with E-state index in [1.807, 2.05) is 0 Å². The van der Waals surface area contributed by atoms with Gasteiger partial charge in [0.05, 0.1) is 25.7 Å². The van der Waals surface area contributed by atoms with Gasteiger partial charge in [0.25, 0.3) is 5.69 Å². The predicted molar refractivity (Wildman–Crippen MR) is 98.8 cm³/mol. The first-order valence-corrected chi connectivity index (χ1v) is 8.19. The molecule has 2 aromatic carbocycles. The zero-order chi connectivity index (χ0) is 19.4. The van der Waals surface area contributed by atoms with Gasteiger partial charge in [0.15, 0.2) is 0 Å². The van der Waals surface area contributed by atoms with Crippen LogP contribution in [0.2, 0.25) is 0 Å². The van der Waals surface area contributed by atoms with Gasteiger partial charge >= 0.3 is 0 Å². The lowest BCUT2D eigenvalue weighted by atomic mass is 10.1. The second-order valence-electron chi connectivity index (χ2n) is 5.83. The fraction of sp³-hybridized carbons (Fsp3) is 0.211. The molecule has 8 nitrogen and oxygen atoms in total. The van der Waals surface area contributed by atoms with E-state index in [4.69, 9.17) is 9.47 Å². The lowest BCUT2D eigenvalue weighted by Crippen LogP contribution is -2.10. The van der Waals surface area contributed by atoms with Gasteiger partial charge in [-0.15, -0.1) is 0 Å². The van der Waals surface area contributed by atoms with Crippen molar-refractivity contribution in [2.45, 2.75) is 12.6 Å². The molecule has 0 bridgehead atoms. The summed E-state index contributed by atoms with van der Waals surface area (Å²) in [4.78, 5) is 14.8. The highest BCUT2D eigenvalue weighted by molar-refractivity contribution is 5.59. The number of methoxy groups -OCH3 is 2. The predicted octanol–water partition coefficient (Wildman–Crippen LogP) is 3.21. The maximum absolute atomic E-state index is 11.0. The average molecular weight is 369 g/mol. The SMILES string of the molecule is COc1ccc(OC)c([C@H](O)Cn2ccnc2-c2cccc([N+](=O)[O-])c2)c1. The van der Waals surface area contributed by atoms with E-state index in [0.29, 0.717) is 28.5 Å². The molecule has 0 spiro atoms. The summed E-state index contributed by atoms with van der Waals surface area (Å²) in [6.07, 6.45) is 2.41. The number of hydrogen-bond donors (Lipinski definition) is 1. The van der Waals surface area contributed by atoms with Gasteiger partial charge in [0, 0.05) is 35.7 Å². The fourth-order valence-corrected chi connectivity index (χ4v) is 2.86. The van der Waals surface area contributed by atoms with E-state index < -0.39 is 11.0 Å². The number of nitro benzene ring substituents is 1. The molecule has 0 unspecified atom stereocenters. The molecule has 1 aromatic heterocycles. The van der Waals surface area contributed by atoms with E-state index in [9.17, 15) is 15.2 Å². The third kappa shape index (κ3) is 3.90. The molecule has 1 N–H and O–H groups in total. The number of aliphatic hydroxyl groups excluding tert-OH is 1. The molecule has 3 rings (SSSR count). The van der Waals surface area contributed by atoms with E-state index in [1.165, 1.54) is 19.2 Å². The van der Waals surface area contributed by atoms with Crippen molar-refractivity contribution in [3.05, 3.63) is 70.5 Å². The minimum atomic E-state index is -0.887. The lowest BCUT2D eigenvalue weighted by Gasteiger charge is -2.17. The highest BCUT2D eigenvalue weighted by Gasteiger charge is 2.18. The second kappa shape index (κ2) is 7.88. The van der Waals surface area contributed by atoms with Crippen LogP contribution in [-0.2, 0) is 6.54 Å². The molecule has 0 fully saturated rings. The van der Waals surface area contributed by atoms with Gasteiger partial charge in [-0.25, -0.2) is 4.98 Å². The Morgan fingerprint density at radius 2 is 2.04 bits per heavy atom. The summed E-state index contributed by atoms with van der Waals surface area (Å²) >= 11 is 0. The molecule has 27 heavy (non-hydrogen) atoms. The molecule has 0 amide bonds. The molecular formula is C19H19N3O5. The Balaban J connectivity index is 1.91. The third-order valence-corrected chi connectivity index (χ3v) is 4.20. The molecule has 8 heteroatoms. The van der Waals surface area contributed by atoms with Crippen LogP contribution in [0.4, 0.5) is 5.69 Å². The summed E-state index contributed by atoms with van der Waals surface area (Å²) in [5.41, 5.74) is 1.16. The largest absolute Gasteiger partial charge is 0.497 e. The van der Waals surface area contributed by atoms with Gasteiger partial charge in [-0.1, -0.05) is 12.1 Å². The number of ether oxygens (including phenoxy) is 2. The molecule has 0 saturated carbocycles. The van der Waals surface area contributed by atoms with E-state index in [2.05, 4.69) is 4.98 Å². The van der Waals surface area contributed by atoms with Gasteiger partial charge in [-0.05, 0) is 18.2 Å². The number of imidazole rings is 1. The summed E-state index contributed by atoms with van der Waals surface area (Å²) < 4.78 is 12.3. The molecule has 0 aliphatic heterocycles. The zero-order valence-electron chi connectivity index (χ0n) is 14.9. The van der Waals surface area contributed by atoms with Crippen molar-refractivity contribution in [1.82, 2.24) is 9.55 Å². The first-order chi connectivity index (χ1) is 13.0. The summed E-state index contributed by atoms with van der Waals surface area (Å²) in [7, 11) is 3.08. The van der Waals surface area contributed by atoms with Crippen LogP contribution in [0.15, 0.2) is 54.9 Å². The van der Waals surface area contributed by atoms with E-state index in [0.717, 1.165) is 0 Å². The normalized spacial score (nSPS) is 11.8. The Hall–Kier alpha value is -3.39. The first kappa shape index (κ1) is 18.4. The molecule has 1 heterocycles. The van der Waals surface area contributed by atoms with Crippen LogP contribution in [0, 0.1) is 10.1 Å². The Morgan fingerprint density at radius 1 is 1.22 bits per heavy atom. The van der Waals surface area contributed by atoms with Gasteiger partial charge in [0.1, 0.15) is 23.4 Å². The van der Waals surface area contributed by atoms with Crippen LogP contribution in [0.3, 0.4) is 0 Å². The van der Waals surface area contributed by atoms with Gasteiger partial charge < -0.3 is 19.1 Å². The number of benzene rings is 2. The Labute approximate surface area is 155 Å². The van der Waals surface area contributed by atoms with E-state index >= 15 is 0 Å². The summed E-state index contributed by atoms with van der Waals surface area (Å²) in [5.74, 6) is 1.68. The van der Waals surface area contributed by atoms with E-state index in [1.54, 1.807) is 54.4 Å². The van der Waals surface area contributed by atoms with Crippen LogP contribution in [0.5, 0.6) is 11.5 Å². The van der Waals surface area contributed by atoms with Crippen LogP contribution in [0.1, 0.15) is 11.7 Å². The van der Waals surface area contributed by atoms with Crippen LogP contribution < -0.4 is 9.47 Å². The highest BCUT2D eigenvalue weighted by atomic mass is 16.6. The second-order valence-corrected chi connectivity index (χ2v) is 5.83. The van der Waals surface area contributed by atoms with E-state index in [-0.39, 0.29) is 12.2 Å². The van der Waals surface area contributed by atoms with Crippen molar-refractivity contribution in [2.24, 2.45) is 0 Å². The number of hydrogen-bond acceptors (Lipinski definition) is 6. The van der Waals surface area contributed by atoms with Gasteiger partial charge in [-0.3, -0.25) is 10.1 Å². The lowest BCUT2D eigenvalue weighted by molar-refractivity contribution is -0.384. The van der Waals surface area contributed by atoms with Crippen LogP contribution in [0.25, 0.3) is 11.4 Å². The summed E-state index contributed by atoms with van der Waals surface area (Å²) in [5, 5.41) is 21.8. The fourth-order valence-electron chi connectivity index (χ4n) is 2.86. The third-order valence-electron chi connectivity index (χ3n) is 4.20. The number of nitrogens with zero attached hydrogens (tertiary/aromatic N) is 3. The number of aliphatic hydroxyl groups is 1. The zero-order valence-corrected chi connectivity index (χ0v) is 14.9. The minimum absolute atomic E-state index is 0.0166. The number of nitro groups is 1. The molecule has 140 valence electrons. The molecule has 0 radical (unpaired) electrons. The minimum Gasteiger partial charge on any atom is -0.497 e. The van der Waals surface area contributed by atoms with Crippen molar-refractivity contribution in [3.8, 4) is 22.9 Å². The van der Waals surface area contributed by atoms with Gasteiger partial charge in [-0.2, -0.15) is 0 Å². The Morgan fingerprint density at radius 3 is 2.74 bits per heavy atom. The van der Waals surface area contributed by atoms with Crippen molar-refractivity contribution >= 4 is 5.69 Å². The maximum atomic E-state index is 11.0. The molecular weight excluding hydrogens is 350 g/mol. The first-order valence-electron chi connectivity index (χ1n) is 8.19. The average Bonchev–Trinajstić information content (AvgIpc) is 3.15.